The molecule has 0 spiro atoms. The normalized spacial score (nSPS) is 12.5. The number of thioether (sulfide) groups is 1. The van der Waals surface area contributed by atoms with Crippen molar-refractivity contribution < 1.29 is 4.79 Å². The number of nitrogens with zero attached hydrogens (tertiary/aromatic N) is 3. The van der Waals surface area contributed by atoms with Crippen LogP contribution in [0.3, 0.4) is 0 Å². The van der Waals surface area contributed by atoms with Gasteiger partial charge in [-0.15, -0.1) is 16.8 Å². The van der Waals surface area contributed by atoms with Gasteiger partial charge in [0.25, 0.3) is 0 Å². The van der Waals surface area contributed by atoms with Crippen molar-refractivity contribution in [1.29, 1.82) is 0 Å². The lowest BCUT2D eigenvalue weighted by atomic mass is 10.1. The van der Waals surface area contributed by atoms with E-state index in [9.17, 15) is 4.79 Å². The van der Waals surface area contributed by atoms with Crippen molar-refractivity contribution in [2.75, 3.05) is 0 Å². The van der Waals surface area contributed by atoms with E-state index in [2.05, 4.69) is 21.8 Å². The summed E-state index contributed by atoms with van der Waals surface area (Å²) in [6.45, 7) is 10.1. The molecule has 0 fully saturated rings. The second-order valence-electron chi connectivity index (χ2n) is 5.72. The first-order valence-corrected chi connectivity index (χ1v) is 8.69. The number of H-pyrrole nitrogens is 1. The van der Waals surface area contributed by atoms with E-state index in [1.807, 2.05) is 49.6 Å². The van der Waals surface area contributed by atoms with Crippen LogP contribution in [0.2, 0.25) is 0 Å². The summed E-state index contributed by atoms with van der Waals surface area (Å²) < 4.78 is 1.96. The van der Waals surface area contributed by atoms with E-state index in [-0.39, 0.29) is 11.0 Å². The van der Waals surface area contributed by atoms with Crippen LogP contribution in [0.1, 0.15) is 28.8 Å². The first-order valence-electron chi connectivity index (χ1n) is 7.81. The minimum atomic E-state index is -0.255. The average molecular weight is 340 g/mol. The minimum absolute atomic E-state index is 0.0979. The molecule has 0 aliphatic carbocycles. The Morgan fingerprint density at radius 2 is 2.12 bits per heavy atom. The van der Waals surface area contributed by atoms with Gasteiger partial charge in [-0.1, -0.05) is 36.0 Å². The van der Waals surface area contributed by atoms with Gasteiger partial charge in [0, 0.05) is 28.7 Å². The molecule has 0 saturated heterocycles. The lowest BCUT2D eigenvalue weighted by Crippen LogP contribution is -2.15. The molecular formula is C18H20N4OS. The molecule has 0 radical (unpaired) electrons. The van der Waals surface area contributed by atoms with Gasteiger partial charge in [-0.3, -0.25) is 4.79 Å². The van der Waals surface area contributed by atoms with Crippen LogP contribution in [0.25, 0.3) is 10.9 Å². The monoisotopic (exact) mass is 340 g/mol. The number of aromatic nitrogens is 4. The molecule has 124 valence electrons. The highest BCUT2D eigenvalue weighted by atomic mass is 32.2. The zero-order chi connectivity index (χ0) is 17.3. The molecule has 0 aliphatic heterocycles. The van der Waals surface area contributed by atoms with E-state index in [0.29, 0.717) is 6.54 Å². The number of hydrogen-bond donors (Lipinski definition) is 1. The van der Waals surface area contributed by atoms with E-state index < -0.39 is 0 Å². The first kappa shape index (κ1) is 16.5. The van der Waals surface area contributed by atoms with Gasteiger partial charge in [0.2, 0.25) is 0 Å². The zero-order valence-corrected chi connectivity index (χ0v) is 14.9. The maximum Gasteiger partial charge on any atom is 0.192 e. The zero-order valence-electron chi connectivity index (χ0n) is 14.0. The summed E-state index contributed by atoms with van der Waals surface area (Å²) in [5.74, 6) is 0.918. The molecule has 1 aromatic carbocycles. The van der Waals surface area contributed by atoms with Crippen LogP contribution in [0, 0.1) is 13.8 Å². The van der Waals surface area contributed by atoms with Crippen molar-refractivity contribution in [2.24, 2.45) is 0 Å². The summed E-state index contributed by atoms with van der Waals surface area (Å²) in [5.41, 5.74) is 2.65. The fourth-order valence-electron chi connectivity index (χ4n) is 2.80. The van der Waals surface area contributed by atoms with Crippen LogP contribution in [-0.4, -0.2) is 30.8 Å². The summed E-state index contributed by atoms with van der Waals surface area (Å²) in [6, 6.07) is 7.88. The van der Waals surface area contributed by atoms with E-state index in [1.54, 1.807) is 6.08 Å². The highest BCUT2D eigenvalue weighted by Crippen LogP contribution is 2.29. The Balaban J connectivity index is 1.90. The van der Waals surface area contributed by atoms with Crippen LogP contribution in [0.4, 0.5) is 0 Å². The number of nitrogens with one attached hydrogen (secondary N) is 1. The van der Waals surface area contributed by atoms with Crippen LogP contribution in [0.15, 0.2) is 42.1 Å². The molecule has 3 aromatic rings. The fourth-order valence-corrected chi connectivity index (χ4v) is 3.76. The summed E-state index contributed by atoms with van der Waals surface area (Å²) in [7, 11) is 0. The predicted molar refractivity (Wildman–Crippen MR) is 97.6 cm³/mol. The highest BCUT2D eigenvalue weighted by molar-refractivity contribution is 8.00. The van der Waals surface area contributed by atoms with Crippen molar-refractivity contribution in [3.8, 4) is 0 Å². The second kappa shape index (κ2) is 6.65. The van der Waals surface area contributed by atoms with Gasteiger partial charge in [0.05, 0.1) is 5.25 Å². The number of aryl methyl sites for hydroxylation is 2. The van der Waals surface area contributed by atoms with Gasteiger partial charge in [-0.05, 0) is 26.8 Å². The third-order valence-electron chi connectivity index (χ3n) is 4.00. The Hall–Kier alpha value is -2.34. The molecule has 1 atom stereocenters. The molecule has 0 bridgehead atoms. The second-order valence-corrected chi connectivity index (χ2v) is 7.03. The molecule has 0 amide bonds. The molecule has 6 heteroatoms. The molecule has 2 heterocycles. The first-order chi connectivity index (χ1) is 11.5. The van der Waals surface area contributed by atoms with Gasteiger partial charge in [0.1, 0.15) is 5.82 Å². The van der Waals surface area contributed by atoms with E-state index >= 15 is 0 Å². The number of Topliss-reactive ketones (excluding diaryl/α,β-unsaturated/α-hetero) is 1. The Morgan fingerprint density at radius 3 is 2.88 bits per heavy atom. The van der Waals surface area contributed by atoms with Crippen LogP contribution < -0.4 is 0 Å². The number of benzene rings is 1. The van der Waals surface area contributed by atoms with Crippen LogP contribution >= 0.6 is 11.8 Å². The predicted octanol–water partition coefficient (Wildman–Crippen LogP) is 3.93. The number of carbonyl (C=O) groups is 1. The summed E-state index contributed by atoms with van der Waals surface area (Å²) in [4.78, 5) is 16.3. The summed E-state index contributed by atoms with van der Waals surface area (Å²) in [6.07, 6.45) is 1.80. The number of ketones is 1. The van der Waals surface area contributed by atoms with Crippen LogP contribution in [0.5, 0.6) is 0 Å². The quantitative estimate of drug-likeness (QED) is 0.419. The van der Waals surface area contributed by atoms with Crippen molar-refractivity contribution in [3.63, 3.8) is 0 Å². The van der Waals surface area contributed by atoms with Gasteiger partial charge in [0.15, 0.2) is 10.9 Å². The van der Waals surface area contributed by atoms with Gasteiger partial charge in [-0.25, -0.2) is 0 Å². The van der Waals surface area contributed by atoms with E-state index in [0.717, 1.165) is 33.1 Å². The van der Waals surface area contributed by atoms with Gasteiger partial charge < -0.3 is 9.55 Å². The van der Waals surface area contributed by atoms with Crippen molar-refractivity contribution in [3.05, 3.63) is 54.0 Å². The fraction of sp³-hybridized carbons (Fsp3) is 0.278. The maximum absolute atomic E-state index is 13.0. The van der Waals surface area contributed by atoms with Crippen LogP contribution in [-0.2, 0) is 6.54 Å². The highest BCUT2D eigenvalue weighted by Gasteiger charge is 2.24. The Bertz CT molecular complexity index is 909. The molecular weight excluding hydrogens is 320 g/mol. The van der Waals surface area contributed by atoms with E-state index in [4.69, 9.17) is 0 Å². The minimum Gasteiger partial charge on any atom is -0.358 e. The Kier molecular flexibility index (Phi) is 4.57. The smallest absolute Gasteiger partial charge is 0.192 e. The average Bonchev–Trinajstić information content (AvgIpc) is 3.07. The standard InChI is InChI=1S/C18H20N4OS/c1-5-10-22-13(4)20-21-18(22)24-12(3)17(23)16-11(2)19-15-9-7-6-8-14(15)16/h5-9,12,19H,1,10H2,2-4H3/t12-/m1/s1. The molecule has 3 rings (SSSR count). The number of fused-ring (bicyclic) bond motifs is 1. The molecule has 1 N–H and O–H groups in total. The van der Waals surface area contributed by atoms with Gasteiger partial charge in [-0.2, -0.15) is 0 Å². The Labute approximate surface area is 145 Å². The number of hydrogen-bond acceptors (Lipinski definition) is 4. The molecule has 0 unspecified atom stereocenters. The van der Waals surface area contributed by atoms with Gasteiger partial charge >= 0.3 is 0 Å². The largest absolute Gasteiger partial charge is 0.358 e. The summed E-state index contributed by atoms with van der Waals surface area (Å²) in [5, 5.41) is 9.75. The number of rotatable bonds is 6. The molecule has 2 aromatic heterocycles. The van der Waals surface area contributed by atoms with Crippen molar-refractivity contribution in [1.82, 2.24) is 19.7 Å². The third kappa shape index (κ3) is 2.89. The topological polar surface area (TPSA) is 63.6 Å². The molecule has 0 saturated carbocycles. The molecule has 24 heavy (non-hydrogen) atoms. The van der Waals surface area contributed by atoms with Crippen molar-refractivity contribution in [2.45, 2.75) is 37.7 Å². The SMILES string of the molecule is C=CCn1c(C)nnc1S[C@H](C)C(=O)c1c(C)[nH]c2ccccc12. The molecule has 5 nitrogen and oxygen atoms in total. The number of carbonyl (C=O) groups excluding carboxylic acids is 1. The maximum atomic E-state index is 13.0. The molecule has 0 aliphatic rings. The number of allylic oxidation sites excluding steroid dienone is 1. The summed E-state index contributed by atoms with van der Waals surface area (Å²) >= 11 is 1.43. The lowest BCUT2D eigenvalue weighted by Gasteiger charge is -2.11. The third-order valence-corrected chi connectivity index (χ3v) is 5.09. The number of aromatic amines is 1. The van der Waals surface area contributed by atoms with E-state index in [1.165, 1.54) is 11.8 Å². The lowest BCUT2D eigenvalue weighted by molar-refractivity contribution is 0.0995. The van der Waals surface area contributed by atoms with Crippen molar-refractivity contribution >= 4 is 28.4 Å². The Morgan fingerprint density at radius 1 is 1.38 bits per heavy atom. The number of para-hydroxylation sites is 1.